The molecule has 0 aliphatic carbocycles. The Morgan fingerprint density at radius 2 is 1.81 bits per heavy atom. The molecule has 1 heterocycles. The van der Waals surface area contributed by atoms with Crippen LogP contribution in [0.2, 0.25) is 0 Å². The van der Waals surface area contributed by atoms with Gasteiger partial charge in [-0.1, -0.05) is 17.7 Å². The van der Waals surface area contributed by atoms with Crippen LogP contribution in [0.1, 0.15) is 44.6 Å². The summed E-state index contributed by atoms with van der Waals surface area (Å²) in [5.74, 6) is 0.455. The van der Waals surface area contributed by atoms with Crippen molar-refractivity contribution >= 4 is 5.97 Å². The Labute approximate surface area is 125 Å². The van der Waals surface area contributed by atoms with Gasteiger partial charge in [-0.3, -0.25) is 0 Å². The van der Waals surface area contributed by atoms with E-state index in [1.54, 1.807) is 6.07 Å². The molecule has 0 amide bonds. The maximum Gasteiger partial charge on any atom is 0.373 e. The van der Waals surface area contributed by atoms with E-state index in [9.17, 15) is 4.79 Å². The van der Waals surface area contributed by atoms with Crippen molar-refractivity contribution in [2.24, 2.45) is 0 Å². The van der Waals surface area contributed by atoms with E-state index in [1.807, 2.05) is 13.1 Å². The second-order valence-electron chi connectivity index (χ2n) is 5.23. The first-order valence-electron chi connectivity index (χ1n) is 6.91. The van der Waals surface area contributed by atoms with Crippen LogP contribution in [0.4, 0.5) is 0 Å². The molecule has 2 rings (SSSR count). The van der Waals surface area contributed by atoms with Crippen molar-refractivity contribution in [3.63, 3.8) is 0 Å². The second kappa shape index (κ2) is 6.14. The molecule has 0 spiro atoms. The molecule has 0 radical (unpaired) electrons. The van der Waals surface area contributed by atoms with Gasteiger partial charge in [0.15, 0.2) is 0 Å². The zero-order chi connectivity index (χ0) is 15.6. The van der Waals surface area contributed by atoms with Crippen molar-refractivity contribution in [2.75, 3.05) is 14.2 Å². The van der Waals surface area contributed by atoms with Crippen molar-refractivity contribution < 1.29 is 13.9 Å². The zero-order valence-electron chi connectivity index (χ0n) is 13.1. The number of benzene rings is 1. The molecule has 21 heavy (non-hydrogen) atoms. The predicted molar refractivity (Wildman–Crippen MR) is 81.6 cm³/mol. The third-order valence-corrected chi connectivity index (χ3v) is 3.61. The van der Waals surface area contributed by atoms with E-state index >= 15 is 0 Å². The van der Waals surface area contributed by atoms with Crippen LogP contribution < -0.4 is 5.32 Å². The standard InChI is InChI=1S/C17H21NO3/c1-10-8-11(2)15(12(3)9-10)16(18-4)13-6-7-14(21-13)17(19)20-5/h6-9,16,18H,1-5H3. The lowest BCUT2D eigenvalue weighted by molar-refractivity contribution is 0.0562. The van der Waals surface area contributed by atoms with Crippen molar-refractivity contribution in [3.8, 4) is 0 Å². The van der Waals surface area contributed by atoms with Gasteiger partial charge in [-0.25, -0.2) is 4.79 Å². The van der Waals surface area contributed by atoms with Crippen molar-refractivity contribution in [1.29, 1.82) is 0 Å². The largest absolute Gasteiger partial charge is 0.463 e. The summed E-state index contributed by atoms with van der Waals surface area (Å²) in [6, 6.07) is 7.66. The number of aryl methyl sites for hydroxylation is 3. The Kier molecular flexibility index (Phi) is 4.48. The molecular formula is C17H21NO3. The molecule has 1 aromatic carbocycles. The molecule has 1 aromatic heterocycles. The van der Waals surface area contributed by atoms with E-state index in [0.29, 0.717) is 5.76 Å². The number of furan rings is 1. The van der Waals surface area contributed by atoms with E-state index in [-0.39, 0.29) is 11.8 Å². The number of esters is 1. The Morgan fingerprint density at radius 1 is 1.19 bits per heavy atom. The third kappa shape index (κ3) is 3.00. The lowest BCUT2D eigenvalue weighted by Crippen LogP contribution is -2.19. The first-order chi connectivity index (χ1) is 9.97. The number of methoxy groups -OCH3 is 1. The van der Waals surface area contributed by atoms with Gasteiger partial charge in [0, 0.05) is 0 Å². The average molecular weight is 287 g/mol. The van der Waals surface area contributed by atoms with E-state index < -0.39 is 5.97 Å². The molecule has 0 saturated carbocycles. The molecule has 112 valence electrons. The fraction of sp³-hybridized carbons (Fsp3) is 0.353. The Bertz CT molecular complexity index is 635. The van der Waals surface area contributed by atoms with E-state index in [2.05, 4.69) is 43.0 Å². The lowest BCUT2D eigenvalue weighted by Gasteiger charge is -2.20. The minimum Gasteiger partial charge on any atom is -0.463 e. The van der Waals surface area contributed by atoms with Gasteiger partial charge in [0.25, 0.3) is 0 Å². The smallest absolute Gasteiger partial charge is 0.373 e. The molecule has 2 aromatic rings. The average Bonchev–Trinajstić information content (AvgIpc) is 2.91. The Morgan fingerprint density at radius 3 is 2.33 bits per heavy atom. The molecule has 4 nitrogen and oxygen atoms in total. The summed E-state index contributed by atoms with van der Waals surface area (Å²) < 4.78 is 10.3. The fourth-order valence-electron chi connectivity index (χ4n) is 2.79. The number of carbonyl (C=O) groups excluding carboxylic acids is 1. The van der Waals surface area contributed by atoms with Gasteiger partial charge in [0.2, 0.25) is 5.76 Å². The van der Waals surface area contributed by atoms with Gasteiger partial charge < -0.3 is 14.5 Å². The molecule has 0 aliphatic heterocycles. The first-order valence-corrected chi connectivity index (χ1v) is 6.91. The van der Waals surface area contributed by atoms with E-state index in [4.69, 9.17) is 4.42 Å². The quantitative estimate of drug-likeness (QED) is 0.877. The van der Waals surface area contributed by atoms with Gasteiger partial charge in [-0.2, -0.15) is 0 Å². The van der Waals surface area contributed by atoms with Gasteiger partial charge >= 0.3 is 5.97 Å². The van der Waals surface area contributed by atoms with Crippen LogP contribution in [-0.4, -0.2) is 20.1 Å². The molecule has 0 saturated heterocycles. The summed E-state index contributed by atoms with van der Waals surface area (Å²) >= 11 is 0. The number of hydrogen-bond donors (Lipinski definition) is 1. The van der Waals surface area contributed by atoms with Crippen LogP contribution in [0.25, 0.3) is 0 Å². The van der Waals surface area contributed by atoms with Crippen molar-refractivity contribution in [3.05, 3.63) is 58.0 Å². The third-order valence-electron chi connectivity index (χ3n) is 3.61. The molecule has 0 aliphatic rings. The molecule has 0 bridgehead atoms. The van der Waals surface area contributed by atoms with Crippen LogP contribution >= 0.6 is 0 Å². The summed E-state index contributed by atoms with van der Waals surface area (Å²) in [6.45, 7) is 6.26. The van der Waals surface area contributed by atoms with Crippen molar-refractivity contribution in [1.82, 2.24) is 5.32 Å². The number of hydrogen-bond acceptors (Lipinski definition) is 4. The zero-order valence-corrected chi connectivity index (χ0v) is 13.1. The Balaban J connectivity index is 2.45. The highest BCUT2D eigenvalue weighted by Gasteiger charge is 2.22. The molecule has 4 heteroatoms. The van der Waals surface area contributed by atoms with Crippen molar-refractivity contribution in [2.45, 2.75) is 26.8 Å². The minimum atomic E-state index is -0.464. The summed E-state index contributed by atoms with van der Waals surface area (Å²) in [5, 5.41) is 3.26. The molecule has 1 unspecified atom stereocenters. The van der Waals surface area contributed by atoms with Gasteiger partial charge in [-0.15, -0.1) is 0 Å². The molecule has 1 atom stereocenters. The number of nitrogens with one attached hydrogen (secondary N) is 1. The molecular weight excluding hydrogens is 266 g/mol. The lowest BCUT2D eigenvalue weighted by atomic mass is 9.93. The van der Waals surface area contributed by atoms with Crippen LogP contribution in [0, 0.1) is 20.8 Å². The normalized spacial score (nSPS) is 12.2. The second-order valence-corrected chi connectivity index (χ2v) is 5.23. The SMILES string of the molecule is CNC(c1ccc(C(=O)OC)o1)c1c(C)cc(C)cc1C. The topological polar surface area (TPSA) is 51.5 Å². The fourth-order valence-corrected chi connectivity index (χ4v) is 2.79. The molecule has 0 fully saturated rings. The number of ether oxygens (including phenoxy) is 1. The van der Waals surface area contributed by atoms with Crippen LogP contribution in [0.5, 0.6) is 0 Å². The van der Waals surface area contributed by atoms with Crippen LogP contribution in [0.15, 0.2) is 28.7 Å². The highest BCUT2D eigenvalue weighted by atomic mass is 16.5. The van der Waals surface area contributed by atoms with Crippen LogP contribution in [-0.2, 0) is 4.74 Å². The van der Waals surface area contributed by atoms with Gasteiger partial charge in [0.1, 0.15) is 5.76 Å². The van der Waals surface area contributed by atoms with Gasteiger partial charge in [-0.05, 0) is 56.6 Å². The summed E-state index contributed by atoms with van der Waals surface area (Å²) in [5.41, 5.74) is 4.80. The Hall–Kier alpha value is -2.07. The van der Waals surface area contributed by atoms with E-state index in [1.165, 1.54) is 29.4 Å². The number of carbonyl (C=O) groups is 1. The highest BCUT2D eigenvalue weighted by molar-refractivity contribution is 5.86. The summed E-state index contributed by atoms with van der Waals surface area (Å²) in [6.07, 6.45) is 0. The highest BCUT2D eigenvalue weighted by Crippen LogP contribution is 2.29. The monoisotopic (exact) mass is 287 g/mol. The van der Waals surface area contributed by atoms with Gasteiger partial charge in [0.05, 0.1) is 13.2 Å². The first kappa shape index (κ1) is 15.3. The summed E-state index contributed by atoms with van der Waals surface area (Å²) in [4.78, 5) is 11.5. The maximum atomic E-state index is 11.5. The summed E-state index contributed by atoms with van der Waals surface area (Å²) in [7, 11) is 3.22. The predicted octanol–water partition coefficient (Wildman–Crippen LogP) is 3.30. The number of rotatable bonds is 4. The molecule has 1 N–H and O–H groups in total. The van der Waals surface area contributed by atoms with Crippen LogP contribution in [0.3, 0.4) is 0 Å². The minimum absolute atomic E-state index is 0.0935. The maximum absolute atomic E-state index is 11.5. The van der Waals surface area contributed by atoms with E-state index in [0.717, 1.165) is 0 Å².